The molecule has 0 fully saturated rings. The Bertz CT molecular complexity index is 865. The number of ether oxygens (including phenoxy) is 3. The minimum Gasteiger partial charge on any atom is -0.490 e. The molecule has 2 aromatic rings. The first-order valence-corrected chi connectivity index (χ1v) is 10.7. The average Bonchev–Trinajstić information content (AvgIpc) is 2.66. The van der Waals surface area contributed by atoms with Crippen molar-refractivity contribution >= 4 is 51.6 Å². The lowest BCUT2D eigenvalue weighted by molar-refractivity contribution is 0.0976. The second kappa shape index (κ2) is 11.1. The van der Waals surface area contributed by atoms with Crippen LogP contribution in [0, 0.1) is 10.5 Å². The standard InChI is InChI=1S/C20H24IN3O4S/c1-5-26-15-9-13(10-16(27-6-2)17(15)28-7-3)19(25)24-20(29)23-18-12(4)8-14(21)11-22-18/h8-11H,5-7H2,1-4H3,(H2,22,23,24,25,29). The van der Waals surface area contributed by atoms with Gasteiger partial charge in [-0.05, 0) is 86.3 Å². The Kier molecular flexibility index (Phi) is 8.90. The highest BCUT2D eigenvalue weighted by Gasteiger charge is 2.19. The van der Waals surface area contributed by atoms with Gasteiger partial charge in [0.05, 0.1) is 19.8 Å². The van der Waals surface area contributed by atoms with Crippen molar-refractivity contribution in [3.63, 3.8) is 0 Å². The molecule has 0 radical (unpaired) electrons. The maximum Gasteiger partial charge on any atom is 0.257 e. The fraction of sp³-hybridized carbons (Fsp3) is 0.350. The lowest BCUT2D eigenvalue weighted by Gasteiger charge is -2.17. The fourth-order valence-corrected chi connectivity index (χ4v) is 3.30. The number of aromatic nitrogens is 1. The summed E-state index contributed by atoms with van der Waals surface area (Å²) in [6, 6.07) is 5.20. The van der Waals surface area contributed by atoms with E-state index in [2.05, 4.69) is 38.2 Å². The third kappa shape index (κ3) is 6.43. The van der Waals surface area contributed by atoms with E-state index in [-0.39, 0.29) is 5.11 Å². The van der Waals surface area contributed by atoms with Crippen LogP contribution in [0.2, 0.25) is 0 Å². The van der Waals surface area contributed by atoms with E-state index in [1.165, 1.54) is 0 Å². The summed E-state index contributed by atoms with van der Waals surface area (Å²) in [7, 11) is 0. The van der Waals surface area contributed by atoms with Crippen LogP contribution in [0.25, 0.3) is 0 Å². The van der Waals surface area contributed by atoms with Gasteiger partial charge in [-0.1, -0.05) is 0 Å². The number of hydrogen-bond acceptors (Lipinski definition) is 6. The summed E-state index contributed by atoms with van der Waals surface area (Å²) >= 11 is 7.45. The number of aryl methyl sites for hydroxylation is 1. The SMILES string of the molecule is CCOc1cc(C(=O)NC(=S)Nc2ncc(I)cc2C)cc(OCC)c1OCC. The molecule has 0 spiro atoms. The Hall–Kier alpha value is -2.14. The van der Waals surface area contributed by atoms with Crippen LogP contribution >= 0.6 is 34.8 Å². The normalized spacial score (nSPS) is 10.2. The number of nitrogens with zero attached hydrogens (tertiary/aromatic N) is 1. The quantitative estimate of drug-likeness (QED) is 0.390. The predicted molar refractivity (Wildman–Crippen MR) is 125 cm³/mol. The van der Waals surface area contributed by atoms with Crippen molar-refractivity contribution in [1.82, 2.24) is 10.3 Å². The molecule has 0 unspecified atom stereocenters. The van der Waals surface area contributed by atoms with Gasteiger partial charge in [0.25, 0.3) is 5.91 Å². The number of rotatable bonds is 8. The maximum atomic E-state index is 12.8. The van der Waals surface area contributed by atoms with E-state index in [1.807, 2.05) is 33.8 Å². The molecule has 0 saturated carbocycles. The van der Waals surface area contributed by atoms with E-state index >= 15 is 0 Å². The number of halogens is 1. The topological polar surface area (TPSA) is 81.7 Å². The summed E-state index contributed by atoms with van der Waals surface area (Å²) in [4.78, 5) is 17.0. The molecule has 1 amide bonds. The molecule has 1 heterocycles. The van der Waals surface area contributed by atoms with Crippen molar-refractivity contribution in [2.75, 3.05) is 25.1 Å². The van der Waals surface area contributed by atoms with Crippen LogP contribution in [-0.4, -0.2) is 35.8 Å². The molecule has 0 aliphatic carbocycles. The highest BCUT2D eigenvalue weighted by Crippen LogP contribution is 2.39. The van der Waals surface area contributed by atoms with Crippen LogP contribution in [0.4, 0.5) is 5.82 Å². The number of carbonyl (C=O) groups is 1. The first kappa shape index (κ1) is 23.1. The molecular formula is C20H24IN3O4S. The number of carbonyl (C=O) groups excluding carboxylic acids is 1. The van der Waals surface area contributed by atoms with Gasteiger partial charge in [-0.15, -0.1) is 0 Å². The first-order chi connectivity index (χ1) is 13.9. The number of pyridine rings is 1. The van der Waals surface area contributed by atoms with Crippen molar-refractivity contribution in [2.45, 2.75) is 27.7 Å². The Balaban J connectivity index is 2.23. The predicted octanol–water partition coefficient (Wildman–Crippen LogP) is 4.32. The summed E-state index contributed by atoms with van der Waals surface area (Å²) in [5.74, 6) is 1.56. The van der Waals surface area contributed by atoms with E-state index in [0.717, 1.165) is 9.13 Å². The molecule has 9 heteroatoms. The van der Waals surface area contributed by atoms with E-state index in [9.17, 15) is 4.79 Å². The van der Waals surface area contributed by atoms with E-state index < -0.39 is 5.91 Å². The Morgan fingerprint density at radius 3 is 2.17 bits per heavy atom. The zero-order chi connectivity index (χ0) is 21.4. The van der Waals surface area contributed by atoms with E-state index in [4.69, 9.17) is 26.4 Å². The molecule has 7 nitrogen and oxygen atoms in total. The number of nitrogens with one attached hydrogen (secondary N) is 2. The monoisotopic (exact) mass is 529 g/mol. The van der Waals surface area contributed by atoms with Crippen molar-refractivity contribution in [1.29, 1.82) is 0 Å². The Morgan fingerprint density at radius 2 is 1.66 bits per heavy atom. The summed E-state index contributed by atoms with van der Waals surface area (Å²) in [5.41, 5.74) is 1.27. The summed E-state index contributed by atoms with van der Waals surface area (Å²) in [6.07, 6.45) is 1.72. The van der Waals surface area contributed by atoms with Gasteiger partial charge < -0.3 is 19.5 Å². The van der Waals surface area contributed by atoms with Gasteiger partial charge in [0.2, 0.25) is 5.75 Å². The van der Waals surface area contributed by atoms with E-state index in [0.29, 0.717) is 48.5 Å². The number of anilines is 1. The van der Waals surface area contributed by atoms with Gasteiger partial charge in [0.15, 0.2) is 16.6 Å². The summed E-state index contributed by atoms with van der Waals surface area (Å²) in [6.45, 7) is 8.80. The molecular weight excluding hydrogens is 505 g/mol. The van der Waals surface area contributed by atoms with Crippen LogP contribution in [0.15, 0.2) is 24.4 Å². The number of hydrogen-bond donors (Lipinski definition) is 2. The zero-order valence-electron chi connectivity index (χ0n) is 16.8. The molecule has 1 aromatic carbocycles. The molecule has 156 valence electrons. The summed E-state index contributed by atoms with van der Waals surface area (Å²) in [5, 5.41) is 5.76. The Morgan fingerprint density at radius 1 is 1.07 bits per heavy atom. The van der Waals surface area contributed by atoms with Crippen LogP contribution in [0.5, 0.6) is 17.2 Å². The van der Waals surface area contributed by atoms with E-state index in [1.54, 1.807) is 18.3 Å². The highest BCUT2D eigenvalue weighted by molar-refractivity contribution is 14.1. The molecule has 29 heavy (non-hydrogen) atoms. The van der Waals surface area contributed by atoms with Crippen molar-refractivity contribution in [3.05, 3.63) is 39.1 Å². The number of amides is 1. The number of thiocarbonyl (C=S) groups is 1. The summed E-state index contributed by atoms with van der Waals surface area (Å²) < 4.78 is 18.0. The minimum absolute atomic E-state index is 0.150. The molecule has 1 aromatic heterocycles. The second-order valence-corrected chi connectivity index (χ2v) is 7.48. The highest BCUT2D eigenvalue weighted by atomic mass is 127. The smallest absolute Gasteiger partial charge is 0.257 e. The van der Waals surface area contributed by atoms with Gasteiger partial charge in [0, 0.05) is 15.3 Å². The minimum atomic E-state index is -0.393. The lowest BCUT2D eigenvalue weighted by Crippen LogP contribution is -2.34. The first-order valence-electron chi connectivity index (χ1n) is 9.20. The van der Waals surface area contributed by atoms with Crippen LogP contribution in [0.3, 0.4) is 0 Å². The van der Waals surface area contributed by atoms with Gasteiger partial charge in [-0.2, -0.15) is 0 Å². The van der Waals surface area contributed by atoms with Crippen LogP contribution < -0.4 is 24.8 Å². The van der Waals surface area contributed by atoms with Crippen molar-refractivity contribution in [3.8, 4) is 17.2 Å². The van der Waals surface area contributed by atoms with Crippen LogP contribution in [0.1, 0.15) is 36.7 Å². The molecule has 0 atom stereocenters. The largest absolute Gasteiger partial charge is 0.490 e. The average molecular weight is 529 g/mol. The Labute approximate surface area is 189 Å². The molecule has 0 bridgehead atoms. The third-order valence-electron chi connectivity index (χ3n) is 3.68. The van der Waals surface area contributed by atoms with Gasteiger partial charge in [-0.25, -0.2) is 4.98 Å². The number of benzene rings is 1. The molecule has 0 aliphatic heterocycles. The molecule has 2 rings (SSSR count). The van der Waals surface area contributed by atoms with Gasteiger partial charge in [-0.3, -0.25) is 10.1 Å². The second-order valence-electron chi connectivity index (χ2n) is 5.83. The van der Waals surface area contributed by atoms with Crippen molar-refractivity contribution in [2.24, 2.45) is 0 Å². The van der Waals surface area contributed by atoms with Crippen molar-refractivity contribution < 1.29 is 19.0 Å². The zero-order valence-corrected chi connectivity index (χ0v) is 19.8. The van der Waals surface area contributed by atoms with Crippen LogP contribution in [-0.2, 0) is 0 Å². The molecule has 0 saturated heterocycles. The van der Waals surface area contributed by atoms with Gasteiger partial charge >= 0.3 is 0 Å². The maximum absolute atomic E-state index is 12.8. The fourth-order valence-electron chi connectivity index (χ4n) is 2.51. The third-order valence-corrected chi connectivity index (χ3v) is 4.47. The molecule has 2 N–H and O–H groups in total. The molecule has 0 aliphatic rings. The van der Waals surface area contributed by atoms with Gasteiger partial charge in [0.1, 0.15) is 5.82 Å². The lowest BCUT2D eigenvalue weighted by atomic mass is 10.1.